The zero-order valence-electron chi connectivity index (χ0n) is 13.0. The van der Waals surface area contributed by atoms with Crippen LogP contribution in [0.25, 0.3) is 0 Å². The molecule has 20 heavy (non-hydrogen) atoms. The first-order chi connectivity index (χ1) is 9.63. The molecule has 0 spiro atoms. The maximum Gasteiger partial charge on any atom is 0.0325 e. The van der Waals surface area contributed by atoms with Crippen molar-refractivity contribution in [2.45, 2.75) is 39.8 Å². The Labute approximate surface area is 123 Å². The highest BCUT2D eigenvalue weighted by Gasteiger charge is 2.20. The summed E-state index contributed by atoms with van der Waals surface area (Å²) in [5.41, 5.74) is 4.09. The summed E-state index contributed by atoms with van der Waals surface area (Å²) in [5, 5.41) is 0. The fourth-order valence-electron chi connectivity index (χ4n) is 2.84. The van der Waals surface area contributed by atoms with E-state index in [2.05, 4.69) is 87.2 Å². The molecule has 1 nitrogen and oxygen atoms in total. The topological polar surface area (TPSA) is 3.24 Å². The van der Waals surface area contributed by atoms with Gasteiger partial charge in [-0.25, -0.2) is 0 Å². The van der Waals surface area contributed by atoms with E-state index in [1.807, 2.05) is 0 Å². The molecule has 0 heterocycles. The van der Waals surface area contributed by atoms with E-state index in [-0.39, 0.29) is 0 Å². The van der Waals surface area contributed by atoms with Crippen molar-refractivity contribution >= 4 is 0 Å². The summed E-state index contributed by atoms with van der Waals surface area (Å²) in [6.45, 7) is 10.0. The minimum absolute atomic E-state index is 0.427. The maximum atomic E-state index is 2.54. The highest BCUT2D eigenvalue weighted by Crippen LogP contribution is 2.29. The number of rotatable bonds is 5. The molecule has 0 aliphatic rings. The molecule has 0 radical (unpaired) electrons. The molecule has 0 saturated carbocycles. The zero-order valence-corrected chi connectivity index (χ0v) is 13.0. The van der Waals surface area contributed by atoms with Gasteiger partial charge in [0.05, 0.1) is 0 Å². The number of benzene rings is 2. The Morgan fingerprint density at radius 2 is 1.30 bits per heavy atom. The lowest BCUT2D eigenvalue weighted by Crippen LogP contribution is -2.29. The smallest absolute Gasteiger partial charge is 0.0325 e. The van der Waals surface area contributed by atoms with E-state index in [4.69, 9.17) is 0 Å². The summed E-state index contributed by atoms with van der Waals surface area (Å²) in [6, 6.07) is 20.5. The number of aryl methyl sites for hydroxylation is 1. The molecule has 2 aromatic rings. The Morgan fingerprint density at radius 3 is 1.80 bits per heavy atom. The Morgan fingerprint density at radius 1 is 0.800 bits per heavy atom. The SMILES string of the molecule is CCN([C@@H](C)c1ccccc1)[C@@H](C)c1ccc(C)cc1. The molecule has 0 unspecified atom stereocenters. The van der Waals surface area contributed by atoms with Crippen molar-refractivity contribution in [1.82, 2.24) is 4.90 Å². The predicted molar refractivity (Wildman–Crippen MR) is 86.8 cm³/mol. The van der Waals surface area contributed by atoms with Gasteiger partial charge in [0.25, 0.3) is 0 Å². The molecule has 106 valence electrons. The van der Waals surface area contributed by atoms with Crippen molar-refractivity contribution in [2.24, 2.45) is 0 Å². The summed E-state index contributed by atoms with van der Waals surface area (Å²) < 4.78 is 0. The average Bonchev–Trinajstić information content (AvgIpc) is 2.49. The van der Waals surface area contributed by atoms with Crippen LogP contribution in [0.1, 0.15) is 49.5 Å². The summed E-state index contributed by atoms with van der Waals surface area (Å²) >= 11 is 0. The summed E-state index contributed by atoms with van der Waals surface area (Å²) in [4.78, 5) is 2.54. The first-order valence-corrected chi connectivity index (χ1v) is 7.50. The molecular weight excluding hydrogens is 242 g/mol. The summed E-state index contributed by atoms with van der Waals surface area (Å²) in [5.74, 6) is 0. The van der Waals surface area contributed by atoms with Crippen molar-refractivity contribution in [3.05, 3.63) is 71.3 Å². The van der Waals surface area contributed by atoms with Crippen molar-refractivity contribution in [3.8, 4) is 0 Å². The first kappa shape index (κ1) is 14.8. The molecule has 0 amide bonds. The standard InChI is InChI=1S/C19H25N/c1-5-20(16(3)18-9-7-6-8-10-18)17(4)19-13-11-15(2)12-14-19/h6-14,16-17H,5H2,1-4H3/t16-,17-/m0/s1. The van der Waals surface area contributed by atoms with Crippen LogP contribution in [-0.4, -0.2) is 11.4 Å². The van der Waals surface area contributed by atoms with Crippen LogP contribution in [0.15, 0.2) is 54.6 Å². The minimum Gasteiger partial charge on any atom is -0.290 e. The lowest BCUT2D eigenvalue weighted by atomic mass is 10.0. The van der Waals surface area contributed by atoms with Crippen LogP contribution in [-0.2, 0) is 0 Å². The lowest BCUT2D eigenvalue weighted by Gasteiger charge is -2.34. The quantitative estimate of drug-likeness (QED) is 0.725. The molecule has 0 saturated heterocycles. The predicted octanol–water partition coefficient (Wildman–Crippen LogP) is 5.14. The molecule has 0 aliphatic carbocycles. The van der Waals surface area contributed by atoms with Crippen molar-refractivity contribution < 1.29 is 0 Å². The lowest BCUT2D eigenvalue weighted by molar-refractivity contribution is 0.164. The third kappa shape index (κ3) is 3.29. The fraction of sp³-hybridized carbons (Fsp3) is 0.368. The fourth-order valence-corrected chi connectivity index (χ4v) is 2.84. The second-order valence-electron chi connectivity index (χ2n) is 5.50. The Hall–Kier alpha value is -1.60. The third-order valence-corrected chi connectivity index (χ3v) is 4.20. The van der Waals surface area contributed by atoms with Crippen LogP contribution >= 0.6 is 0 Å². The second kappa shape index (κ2) is 6.71. The molecule has 2 atom stereocenters. The van der Waals surface area contributed by atoms with E-state index in [0.717, 1.165) is 6.54 Å². The Balaban J connectivity index is 2.21. The highest BCUT2D eigenvalue weighted by molar-refractivity contribution is 5.25. The van der Waals surface area contributed by atoms with E-state index in [0.29, 0.717) is 12.1 Å². The highest BCUT2D eigenvalue weighted by atomic mass is 15.2. The largest absolute Gasteiger partial charge is 0.290 e. The van der Waals surface area contributed by atoms with Crippen molar-refractivity contribution in [1.29, 1.82) is 0 Å². The van der Waals surface area contributed by atoms with Gasteiger partial charge in [0, 0.05) is 12.1 Å². The van der Waals surface area contributed by atoms with Gasteiger partial charge in [-0.2, -0.15) is 0 Å². The van der Waals surface area contributed by atoms with Crippen LogP contribution in [0.4, 0.5) is 0 Å². The van der Waals surface area contributed by atoms with E-state index >= 15 is 0 Å². The zero-order chi connectivity index (χ0) is 14.5. The van der Waals surface area contributed by atoms with Gasteiger partial charge in [0.15, 0.2) is 0 Å². The van der Waals surface area contributed by atoms with Gasteiger partial charge in [0.2, 0.25) is 0 Å². The van der Waals surface area contributed by atoms with E-state index in [9.17, 15) is 0 Å². The number of hydrogen-bond acceptors (Lipinski definition) is 1. The first-order valence-electron chi connectivity index (χ1n) is 7.50. The van der Waals surface area contributed by atoms with E-state index in [1.165, 1.54) is 16.7 Å². The second-order valence-corrected chi connectivity index (χ2v) is 5.50. The van der Waals surface area contributed by atoms with Crippen LogP contribution in [0.3, 0.4) is 0 Å². The third-order valence-electron chi connectivity index (χ3n) is 4.20. The molecule has 0 aliphatic heterocycles. The number of nitrogens with zero attached hydrogens (tertiary/aromatic N) is 1. The van der Waals surface area contributed by atoms with Gasteiger partial charge >= 0.3 is 0 Å². The molecule has 0 aromatic heterocycles. The number of hydrogen-bond donors (Lipinski definition) is 0. The maximum absolute atomic E-state index is 2.54. The molecule has 1 heteroatoms. The van der Waals surface area contributed by atoms with Gasteiger partial charge in [-0.05, 0) is 38.4 Å². The minimum atomic E-state index is 0.427. The molecule has 0 fully saturated rings. The van der Waals surface area contributed by atoms with Gasteiger partial charge in [0.1, 0.15) is 0 Å². The van der Waals surface area contributed by atoms with Crippen molar-refractivity contribution in [2.75, 3.05) is 6.54 Å². The molecular formula is C19H25N. The van der Waals surface area contributed by atoms with Crippen molar-refractivity contribution in [3.63, 3.8) is 0 Å². The van der Waals surface area contributed by atoms with Gasteiger partial charge in [-0.15, -0.1) is 0 Å². The van der Waals surface area contributed by atoms with Gasteiger partial charge in [-0.3, -0.25) is 4.90 Å². The molecule has 0 N–H and O–H groups in total. The molecule has 2 aromatic carbocycles. The van der Waals surface area contributed by atoms with Crippen LogP contribution < -0.4 is 0 Å². The van der Waals surface area contributed by atoms with E-state index < -0.39 is 0 Å². The van der Waals surface area contributed by atoms with Crippen LogP contribution in [0, 0.1) is 6.92 Å². The Bertz CT molecular complexity index is 515. The van der Waals surface area contributed by atoms with Crippen LogP contribution in [0.2, 0.25) is 0 Å². The molecule has 0 bridgehead atoms. The van der Waals surface area contributed by atoms with E-state index in [1.54, 1.807) is 0 Å². The monoisotopic (exact) mass is 267 g/mol. The summed E-state index contributed by atoms with van der Waals surface area (Å²) in [6.07, 6.45) is 0. The normalized spacial score (nSPS) is 14.2. The summed E-state index contributed by atoms with van der Waals surface area (Å²) in [7, 11) is 0. The van der Waals surface area contributed by atoms with Gasteiger partial charge in [-0.1, -0.05) is 67.1 Å². The molecule has 2 rings (SSSR count). The van der Waals surface area contributed by atoms with Crippen LogP contribution in [0.5, 0.6) is 0 Å². The Kier molecular flexibility index (Phi) is 4.97. The average molecular weight is 267 g/mol. The van der Waals surface area contributed by atoms with Gasteiger partial charge < -0.3 is 0 Å².